The molecule has 7 heterocycles. The highest BCUT2D eigenvalue weighted by Crippen LogP contribution is 2.67. The summed E-state index contributed by atoms with van der Waals surface area (Å²) in [5.74, 6) is 13.5. The number of fused-ring (bicyclic) bond motifs is 1. The van der Waals surface area contributed by atoms with Crippen LogP contribution in [0.2, 0.25) is 0 Å². The third kappa shape index (κ3) is 39.0. The zero-order valence-electron chi connectivity index (χ0n) is 97.3. The quantitative estimate of drug-likeness (QED) is 0.0357. The van der Waals surface area contributed by atoms with Crippen LogP contribution < -0.4 is 56.8 Å². The minimum atomic E-state index is 0.297. The van der Waals surface area contributed by atoms with E-state index in [1.165, 1.54) is 24.6 Å². The van der Waals surface area contributed by atoms with Gasteiger partial charge < -0.3 is 56.8 Å². The second-order valence-electron chi connectivity index (χ2n) is 43.0. The van der Waals surface area contributed by atoms with Crippen LogP contribution in [0.3, 0.4) is 0 Å². The maximum Gasteiger partial charge on any atom is 0.181 e. The number of aromatic nitrogens is 2. The zero-order valence-corrected chi connectivity index (χ0v) is 103. The third-order valence-electron chi connectivity index (χ3n) is 31.6. The first-order valence-electron chi connectivity index (χ1n) is 60.6. The number of hydrogen-bond donors (Lipinski definition) is 0. The van der Waals surface area contributed by atoms with Gasteiger partial charge in [0.2, 0.25) is 0 Å². The van der Waals surface area contributed by atoms with Crippen molar-refractivity contribution >= 4 is 90.8 Å². The van der Waals surface area contributed by atoms with Gasteiger partial charge in [-0.3, -0.25) is 0 Å². The fourth-order valence-corrected chi connectivity index (χ4v) is 27.6. The van der Waals surface area contributed by atoms with Crippen LogP contribution in [0.25, 0.3) is 70.9 Å². The number of unbranched alkanes of at least 4 members (excludes halogenated alkanes) is 12. The molecule has 0 aliphatic carbocycles. The van der Waals surface area contributed by atoms with Gasteiger partial charge in [0.15, 0.2) is 69.0 Å². The van der Waals surface area contributed by atoms with Gasteiger partial charge in [-0.05, 0) is 148 Å². The van der Waals surface area contributed by atoms with Crippen LogP contribution in [0, 0.1) is 71.0 Å². The molecule has 0 radical (unpaired) electrons. The van der Waals surface area contributed by atoms with Crippen molar-refractivity contribution in [1.82, 2.24) is 8.75 Å². The Labute approximate surface area is 925 Å². The Morgan fingerprint density at radius 3 is 0.503 bits per heavy atom. The highest BCUT2D eigenvalue weighted by atomic mass is 32.1. The molecule has 0 amide bonds. The molecule has 14 nitrogen and oxygen atoms in total. The lowest BCUT2D eigenvalue weighted by molar-refractivity contribution is 0.199. The van der Waals surface area contributed by atoms with E-state index in [1.807, 2.05) is 0 Å². The second kappa shape index (κ2) is 73.3. The van der Waals surface area contributed by atoms with Crippen LogP contribution in [0.5, 0.6) is 69.0 Å². The van der Waals surface area contributed by atoms with Crippen molar-refractivity contribution < 1.29 is 56.8 Å². The lowest BCUT2D eigenvalue weighted by Gasteiger charge is -2.21. The van der Waals surface area contributed by atoms with E-state index in [0.29, 0.717) is 150 Å². The van der Waals surface area contributed by atoms with Crippen molar-refractivity contribution in [3.63, 3.8) is 0 Å². The van der Waals surface area contributed by atoms with E-state index in [4.69, 9.17) is 65.6 Å². The number of ether oxygens (including phenoxy) is 12. The normalized spacial score (nSPS) is 14.3. The highest BCUT2D eigenvalue weighted by Gasteiger charge is 2.40. The molecule has 1 aromatic carbocycles. The number of rotatable bonds is 90. The SMILES string of the molecule is CCCCC(CC)COc1csc(-c2sc(-c3sc(-c4ccc(-c5sc(-c6sc(-c7scc(OCC(CC)CCCC)c7OCC(CC)CCCC)c(OCC(CC)CCCC)c6OCC(CC)CCCC)c(OCC(CC)CCCC)c5OCC(CC)CCCC)c5nsnc45)c(OCC(CC)CCCC)c3OCC(CC)CCCC)c(OCC(CC)CCCC)c2OCC(CC)CCCC)c1OCC(CC)CCCC. The Morgan fingerprint density at radius 1 is 0.184 bits per heavy atom. The number of hydrogen-bond acceptors (Lipinski definition) is 21. The molecule has 147 heavy (non-hydrogen) atoms. The molecule has 21 heteroatoms. The van der Waals surface area contributed by atoms with Crippen LogP contribution in [0.1, 0.15) is 474 Å². The summed E-state index contributed by atoms with van der Waals surface area (Å²) in [5, 5.41) is 4.47. The van der Waals surface area contributed by atoms with Crippen molar-refractivity contribution in [2.45, 2.75) is 474 Å². The standard InChI is InChI=1S/C126H208N2O12S7/c1-25-49-61-89(37-13)75-129-103-87-141-119(107(103)131-77-91(39-15)63-51-27-3)121-113(137-83-97(45-21)69-57-33-9)115(139-85-99(47-23)71-59-35-11)125(145-121)123-111(135-81-95(43-19)67-55-31-7)109(133-79-93(41-17)65-53-29-5)117(143-123)101-73-74-102(106-105(101)127-147-128-106)118-110(134-80-94(42-18)66-54-30-6)112(136-82-96(44-20)68-56-32-8)124(144-118)126-116(140-86-100(48-24)72-60-36-12)114(138-84-98(46-22)70-58-34-10)122(146-126)120-108(132-78-92(40-16)64-52-28-4)104(88-142-120)130-76-90(38-14)62-50-26-2/h73-74,87-100H,25-72,75-86H2,1-24H3. The molecule has 8 rings (SSSR count). The smallest absolute Gasteiger partial charge is 0.181 e. The molecule has 836 valence electrons. The van der Waals surface area contributed by atoms with Crippen molar-refractivity contribution in [3.05, 3.63) is 22.9 Å². The Bertz CT molecular complexity index is 4470. The first kappa shape index (κ1) is 127. The van der Waals surface area contributed by atoms with Crippen molar-refractivity contribution in [2.75, 3.05) is 79.3 Å². The monoisotopic (exact) mass is 2170 g/mol. The lowest BCUT2D eigenvalue weighted by atomic mass is 10.00. The minimum absolute atomic E-state index is 0.297. The van der Waals surface area contributed by atoms with Gasteiger partial charge in [-0.25, -0.2) is 0 Å². The largest absolute Gasteiger partial charge is 0.489 e. The third-order valence-corrected chi connectivity index (χ3v) is 39.3. The first-order valence-corrected chi connectivity index (χ1v) is 66.4. The summed E-state index contributed by atoms with van der Waals surface area (Å²) in [6.45, 7) is 62.5. The molecule has 12 atom stereocenters. The van der Waals surface area contributed by atoms with E-state index in [-0.39, 0.29) is 0 Å². The molecule has 12 unspecified atom stereocenters. The van der Waals surface area contributed by atoms with Crippen LogP contribution >= 0.6 is 79.7 Å². The number of nitrogens with zero attached hydrogens (tertiary/aromatic N) is 2. The molecule has 8 aromatic rings. The van der Waals surface area contributed by atoms with Gasteiger partial charge in [0, 0.05) is 21.9 Å². The van der Waals surface area contributed by atoms with Crippen LogP contribution in [-0.2, 0) is 0 Å². The lowest BCUT2D eigenvalue weighted by Crippen LogP contribution is -2.15. The van der Waals surface area contributed by atoms with Crippen LogP contribution in [0.15, 0.2) is 22.9 Å². The molecule has 0 aliphatic heterocycles. The minimum Gasteiger partial charge on any atom is -0.489 e. The summed E-state index contributed by atoms with van der Waals surface area (Å²) in [6, 6.07) is 4.69. The van der Waals surface area contributed by atoms with E-state index < -0.39 is 0 Å². The van der Waals surface area contributed by atoms with Gasteiger partial charge in [0.1, 0.15) is 11.0 Å². The average Bonchev–Trinajstić information content (AvgIpc) is 1.57. The van der Waals surface area contributed by atoms with Gasteiger partial charge in [-0.2, -0.15) is 8.75 Å². The fraction of sp³-hybridized carbons (Fsp3) is 0.762. The Balaban J connectivity index is 1.59. The molecule has 0 fully saturated rings. The summed E-state index contributed by atoms with van der Waals surface area (Å²) in [4.78, 5) is 9.86. The molecule has 0 saturated carbocycles. The van der Waals surface area contributed by atoms with Crippen LogP contribution in [0.4, 0.5) is 0 Å². The molecule has 0 N–H and O–H groups in total. The Morgan fingerprint density at radius 2 is 0.333 bits per heavy atom. The van der Waals surface area contributed by atoms with E-state index in [0.717, 1.165) is 435 Å². The van der Waals surface area contributed by atoms with E-state index in [1.54, 1.807) is 68.0 Å². The van der Waals surface area contributed by atoms with Crippen molar-refractivity contribution in [1.29, 1.82) is 0 Å². The molecule has 0 bridgehead atoms. The van der Waals surface area contributed by atoms with Gasteiger partial charge >= 0.3 is 0 Å². The Hall–Kier alpha value is -5.16. The van der Waals surface area contributed by atoms with Crippen molar-refractivity contribution in [2.24, 2.45) is 71.0 Å². The summed E-state index contributed by atoms with van der Waals surface area (Å²) < 4.78 is 104. The van der Waals surface area contributed by atoms with Crippen LogP contribution in [-0.4, -0.2) is 88.0 Å². The number of thiophene rings is 6. The highest BCUT2D eigenvalue weighted by molar-refractivity contribution is 7.29. The molecule has 0 saturated heterocycles. The molecular weight excluding hydrogens is 1960 g/mol. The molecule has 0 aliphatic rings. The summed E-state index contributed by atoms with van der Waals surface area (Å²) in [6.07, 6.45) is 52.3. The maximum atomic E-state index is 7.92. The van der Waals surface area contributed by atoms with Crippen molar-refractivity contribution in [3.8, 4) is 129 Å². The molecule has 0 spiro atoms. The van der Waals surface area contributed by atoms with E-state index in [2.05, 4.69) is 189 Å². The summed E-state index contributed by atoms with van der Waals surface area (Å²) >= 11 is 11.8. The Kier molecular flexibility index (Phi) is 63.3. The zero-order chi connectivity index (χ0) is 106. The van der Waals surface area contributed by atoms with Gasteiger partial charge in [-0.15, -0.1) is 68.0 Å². The summed E-state index contributed by atoms with van der Waals surface area (Å²) in [5.41, 5.74) is 3.47. The van der Waals surface area contributed by atoms with Gasteiger partial charge in [0.25, 0.3) is 0 Å². The predicted molar refractivity (Wildman–Crippen MR) is 643 cm³/mol. The van der Waals surface area contributed by atoms with E-state index >= 15 is 0 Å². The molecule has 7 aromatic heterocycles. The number of benzene rings is 1. The maximum absolute atomic E-state index is 7.92. The predicted octanol–water partition coefficient (Wildman–Crippen LogP) is 43.2. The molecular formula is C126H208N2O12S7. The average molecular weight is 2170 g/mol. The van der Waals surface area contributed by atoms with Gasteiger partial charge in [0.05, 0.1) is 140 Å². The topological polar surface area (TPSA) is 137 Å². The second-order valence-corrected chi connectivity index (χ2v) is 49.4. The fourth-order valence-electron chi connectivity index (χ4n) is 19.8. The van der Waals surface area contributed by atoms with Gasteiger partial charge in [-0.1, -0.05) is 409 Å². The van der Waals surface area contributed by atoms with E-state index in [9.17, 15) is 0 Å². The summed E-state index contributed by atoms with van der Waals surface area (Å²) in [7, 11) is 0. The first-order chi connectivity index (χ1) is 71.9.